The minimum absolute atomic E-state index is 0.0654. The molecule has 0 aromatic heterocycles. The molecule has 0 aliphatic carbocycles. The first kappa shape index (κ1) is 18.0. The third-order valence-corrected chi connectivity index (χ3v) is 3.90. The highest BCUT2D eigenvalue weighted by atomic mass is 19.1. The number of rotatable bonds is 3. The van der Waals surface area contributed by atoms with Crippen LogP contribution < -0.4 is 4.74 Å². The third kappa shape index (κ3) is 3.60. The Balaban J connectivity index is 2.28. The lowest BCUT2D eigenvalue weighted by atomic mass is 9.86. The van der Waals surface area contributed by atoms with Crippen molar-refractivity contribution in [1.82, 2.24) is 4.90 Å². The van der Waals surface area contributed by atoms with Gasteiger partial charge in [0.05, 0.1) is 13.7 Å². The number of benzene rings is 1. The van der Waals surface area contributed by atoms with Crippen LogP contribution in [0.15, 0.2) is 24.3 Å². The van der Waals surface area contributed by atoms with Crippen molar-refractivity contribution in [3.63, 3.8) is 0 Å². The molecule has 2 rings (SSSR count). The van der Waals surface area contributed by atoms with Crippen LogP contribution in [0.4, 0.5) is 9.18 Å². The Morgan fingerprint density at radius 2 is 1.88 bits per heavy atom. The van der Waals surface area contributed by atoms with E-state index in [-0.39, 0.29) is 6.54 Å². The van der Waals surface area contributed by atoms with Gasteiger partial charge in [0.15, 0.2) is 0 Å². The summed E-state index contributed by atoms with van der Waals surface area (Å²) in [6.07, 6.45) is -0.721. The van der Waals surface area contributed by atoms with Crippen LogP contribution in [0.1, 0.15) is 32.3 Å². The van der Waals surface area contributed by atoms with E-state index in [2.05, 4.69) is 0 Å². The first-order valence-corrected chi connectivity index (χ1v) is 7.61. The van der Waals surface area contributed by atoms with Crippen LogP contribution >= 0.6 is 0 Å². The molecule has 1 amide bonds. The Hall–Kier alpha value is -2.31. The Bertz CT molecular complexity index is 625. The number of carbonyl (C=O) groups excluding carboxylic acids is 1. The Morgan fingerprint density at radius 3 is 2.33 bits per heavy atom. The number of carboxylic acid groups (broad SMARTS) is 1. The van der Waals surface area contributed by atoms with E-state index in [0.717, 1.165) is 4.90 Å². The molecule has 0 saturated carbocycles. The van der Waals surface area contributed by atoms with Crippen LogP contribution in [-0.4, -0.2) is 53.5 Å². The van der Waals surface area contributed by atoms with Gasteiger partial charge in [0.2, 0.25) is 5.67 Å². The number of alkyl halides is 1. The van der Waals surface area contributed by atoms with Crippen molar-refractivity contribution < 1.29 is 28.6 Å². The van der Waals surface area contributed by atoms with Crippen LogP contribution in [0.25, 0.3) is 0 Å². The highest BCUT2D eigenvalue weighted by Crippen LogP contribution is 2.40. The van der Waals surface area contributed by atoms with Crippen molar-refractivity contribution in [3.8, 4) is 5.75 Å². The largest absolute Gasteiger partial charge is 0.497 e. The van der Waals surface area contributed by atoms with Gasteiger partial charge in [-0.3, -0.25) is 0 Å². The Kier molecular flexibility index (Phi) is 4.73. The number of nitrogens with zero attached hydrogens (tertiary/aromatic N) is 1. The number of likely N-dealkylation sites (tertiary alicyclic amines) is 1. The van der Waals surface area contributed by atoms with Gasteiger partial charge in [0.25, 0.3) is 0 Å². The van der Waals surface area contributed by atoms with Gasteiger partial charge in [0, 0.05) is 12.5 Å². The summed E-state index contributed by atoms with van der Waals surface area (Å²) in [7, 11) is 1.51. The van der Waals surface area contributed by atoms with Crippen LogP contribution in [-0.2, 0) is 9.53 Å². The molecular formula is C17H22FNO5. The van der Waals surface area contributed by atoms with E-state index >= 15 is 4.39 Å². The summed E-state index contributed by atoms with van der Waals surface area (Å²) in [6.45, 7) is 4.48. The maximum Gasteiger partial charge on any atom is 0.410 e. The number of amides is 1. The molecule has 2 atom stereocenters. The number of carbonyl (C=O) groups is 2. The number of hydrogen-bond acceptors (Lipinski definition) is 4. The Labute approximate surface area is 140 Å². The van der Waals surface area contributed by atoms with E-state index in [1.165, 1.54) is 7.11 Å². The first-order valence-electron chi connectivity index (χ1n) is 7.61. The van der Waals surface area contributed by atoms with Crippen molar-refractivity contribution in [2.75, 3.05) is 20.2 Å². The number of hydrogen-bond donors (Lipinski definition) is 1. The van der Waals surface area contributed by atoms with Crippen molar-refractivity contribution in [2.45, 2.75) is 38.0 Å². The molecule has 0 spiro atoms. The summed E-state index contributed by atoms with van der Waals surface area (Å²) in [6, 6.07) is 6.49. The van der Waals surface area contributed by atoms with Crippen molar-refractivity contribution >= 4 is 12.1 Å². The molecule has 24 heavy (non-hydrogen) atoms. The topological polar surface area (TPSA) is 76.1 Å². The standard InChI is InChI=1S/C17H22FNO5/c1-16(2,3)24-15(22)19-9-13(17(18,10-19)14(20)21)11-5-7-12(23-4)8-6-11/h5-8,13H,9-10H2,1-4H3,(H,20,21)/t13-,17-/m0/s1. The minimum atomic E-state index is -2.56. The third-order valence-electron chi connectivity index (χ3n) is 3.90. The summed E-state index contributed by atoms with van der Waals surface area (Å²) in [4.78, 5) is 24.8. The fourth-order valence-electron chi connectivity index (χ4n) is 2.71. The molecule has 0 bridgehead atoms. The van der Waals surface area contributed by atoms with E-state index in [1.807, 2.05) is 0 Å². The van der Waals surface area contributed by atoms with E-state index < -0.39 is 35.8 Å². The SMILES string of the molecule is COc1ccc([C@@H]2CN(C(=O)OC(C)(C)C)C[C@@]2(F)C(=O)O)cc1. The molecule has 1 aromatic rings. The molecule has 132 valence electrons. The first-order chi connectivity index (χ1) is 11.1. The quantitative estimate of drug-likeness (QED) is 0.916. The molecule has 0 unspecified atom stereocenters. The lowest BCUT2D eigenvalue weighted by molar-refractivity contribution is -0.150. The molecule has 1 heterocycles. The second-order valence-corrected chi connectivity index (χ2v) is 6.85. The van der Waals surface area contributed by atoms with Gasteiger partial charge >= 0.3 is 12.1 Å². The van der Waals surface area contributed by atoms with Crippen LogP contribution in [0.2, 0.25) is 0 Å². The molecule has 1 fully saturated rings. The lowest BCUT2D eigenvalue weighted by Crippen LogP contribution is -2.42. The van der Waals surface area contributed by atoms with Gasteiger partial charge in [0.1, 0.15) is 11.4 Å². The summed E-state index contributed by atoms with van der Waals surface area (Å²) >= 11 is 0. The molecule has 1 N–H and O–H groups in total. The lowest BCUT2D eigenvalue weighted by Gasteiger charge is -2.24. The highest BCUT2D eigenvalue weighted by molar-refractivity contribution is 5.82. The zero-order chi connectivity index (χ0) is 18.1. The maximum atomic E-state index is 15.1. The smallest absolute Gasteiger partial charge is 0.410 e. The maximum absolute atomic E-state index is 15.1. The number of aliphatic carboxylic acids is 1. The molecule has 0 radical (unpaired) electrons. The zero-order valence-corrected chi connectivity index (χ0v) is 14.2. The summed E-state index contributed by atoms with van der Waals surface area (Å²) in [5, 5.41) is 9.36. The van der Waals surface area contributed by atoms with Crippen LogP contribution in [0.5, 0.6) is 5.75 Å². The van der Waals surface area contributed by atoms with Crippen LogP contribution in [0, 0.1) is 0 Å². The molecule has 7 heteroatoms. The van der Waals surface area contributed by atoms with Gasteiger partial charge in [-0.2, -0.15) is 0 Å². The normalized spacial score (nSPS) is 23.9. The number of halogens is 1. The van der Waals surface area contributed by atoms with Gasteiger partial charge < -0.3 is 19.5 Å². The fraction of sp³-hybridized carbons (Fsp3) is 0.529. The minimum Gasteiger partial charge on any atom is -0.497 e. The van der Waals surface area contributed by atoms with Crippen molar-refractivity contribution in [1.29, 1.82) is 0 Å². The number of carboxylic acids is 1. The summed E-state index contributed by atoms with van der Waals surface area (Å²) < 4.78 is 25.4. The van der Waals surface area contributed by atoms with E-state index in [0.29, 0.717) is 11.3 Å². The van der Waals surface area contributed by atoms with Gasteiger partial charge in [-0.1, -0.05) is 12.1 Å². The van der Waals surface area contributed by atoms with Gasteiger partial charge in [-0.25, -0.2) is 14.0 Å². The monoisotopic (exact) mass is 339 g/mol. The predicted molar refractivity (Wildman–Crippen MR) is 85.0 cm³/mol. The average molecular weight is 339 g/mol. The fourth-order valence-corrected chi connectivity index (χ4v) is 2.71. The number of methoxy groups -OCH3 is 1. The van der Waals surface area contributed by atoms with E-state index in [4.69, 9.17) is 9.47 Å². The number of ether oxygens (including phenoxy) is 2. The second-order valence-electron chi connectivity index (χ2n) is 6.85. The second kappa shape index (κ2) is 6.30. The predicted octanol–water partition coefficient (Wildman–Crippen LogP) is 2.82. The van der Waals surface area contributed by atoms with Crippen molar-refractivity contribution in [2.24, 2.45) is 0 Å². The van der Waals surface area contributed by atoms with Gasteiger partial charge in [-0.15, -0.1) is 0 Å². The molecule has 1 aliphatic rings. The molecule has 6 nitrogen and oxygen atoms in total. The molecule has 1 aromatic carbocycles. The van der Waals surface area contributed by atoms with Gasteiger partial charge in [-0.05, 0) is 38.5 Å². The van der Waals surface area contributed by atoms with E-state index in [9.17, 15) is 14.7 Å². The van der Waals surface area contributed by atoms with E-state index in [1.54, 1.807) is 45.0 Å². The Morgan fingerprint density at radius 1 is 1.29 bits per heavy atom. The molecular weight excluding hydrogens is 317 g/mol. The zero-order valence-electron chi connectivity index (χ0n) is 14.2. The van der Waals surface area contributed by atoms with Crippen LogP contribution in [0.3, 0.4) is 0 Å². The van der Waals surface area contributed by atoms with Crippen molar-refractivity contribution in [3.05, 3.63) is 29.8 Å². The average Bonchev–Trinajstić information content (AvgIpc) is 2.85. The molecule has 1 aliphatic heterocycles. The summed E-state index contributed by atoms with van der Waals surface area (Å²) in [5.41, 5.74) is -2.81. The summed E-state index contributed by atoms with van der Waals surface area (Å²) in [5.74, 6) is -1.98. The highest BCUT2D eigenvalue weighted by Gasteiger charge is 2.55. The molecule has 1 saturated heterocycles.